The third-order valence-electron chi connectivity index (χ3n) is 3.82. The van der Waals surface area contributed by atoms with Crippen LogP contribution in [0.2, 0.25) is 0 Å². The molecule has 0 aliphatic rings. The van der Waals surface area contributed by atoms with E-state index in [1.165, 1.54) is 6.07 Å². The van der Waals surface area contributed by atoms with Crippen LogP contribution in [0.15, 0.2) is 51.8 Å². The molecule has 0 atom stereocenters. The van der Waals surface area contributed by atoms with Crippen LogP contribution in [0.3, 0.4) is 0 Å². The normalized spacial score (nSPS) is 11.6. The summed E-state index contributed by atoms with van der Waals surface area (Å²) in [5, 5.41) is 9.75. The molecule has 0 aliphatic heterocycles. The minimum atomic E-state index is -3.36. The number of carboxylic acid groups (broad SMARTS) is 1. The molecule has 0 aliphatic carbocycles. The molecule has 1 aromatic heterocycles. The van der Waals surface area contributed by atoms with Crippen molar-refractivity contribution in [3.8, 4) is 5.75 Å². The zero-order valence-corrected chi connectivity index (χ0v) is 14.5. The van der Waals surface area contributed by atoms with Crippen molar-refractivity contribution in [2.24, 2.45) is 0 Å². The van der Waals surface area contributed by atoms with Crippen LogP contribution in [0.1, 0.15) is 21.7 Å². The summed E-state index contributed by atoms with van der Waals surface area (Å²) in [7, 11) is -3.36. The molecule has 0 saturated heterocycles. The number of carboxylic acids is 1. The summed E-state index contributed by atoms with van der Waals surface area (Å²) >= 11 is 0. The molecule has 0 radical (unpaired) electrons. The zero-order chi connectivity index (χ0) is 18.2. The van der Waals surface area contributed by atoms with Crippen LogP contribution in [0, 0.1) is 6.92 Å². The van der Waals surface area contributed by atoms with Gasteiger partial charge in [-0.15, -0.1) is 0 Å². The monoisotopic (exact) mass is 360 g/mol. The van der Waals surface area contributed by atoms with E-state index in [-0.39, 0.29) is 17.1 Å². The number of fused-ring (bicyclic) bond motifs is 1. The minimum Gasteiger partial charge on any atom is -0.489 e. The fourth-order valence-electron chi connectivity index (χ4n) is 2.70. The lowest BCUT2D eigenvalue weighted by atomic mass is 10.1. The van der Waals surface area contributed by atoms with Crippen molar-refractivity contribution in [2.75, 3.05) is 6.26 Å². The highest BCUT2D eigenvalue weighted by Crippen LogP contribution is 2.29. The standard InChI is InChI=1S/C18H16O6S/c1-11-17(18(19)20)14-9-13(7-8-15(14)24-11)23-10-12-5-3-4-6-16(12)25(2,21)22/h3-9H,10H2,1-2H3,(H,19,20). The molecule has 130 valence electrons. The summed E-state index contributed by atoms with van der Waals surface area (Å²) in [6, 6.07) is 11.5. The Labute approximate surface area is 144 Å². The molecule has 0 amide bonds. The van der Waals surface area contributed by atoms with Gasteiger partial charge >= 0.3 is 5.97 Å². The first-order chi connectivity index (χ1) is 11.8. The summed E-state index contributed by atoms with van der Waals surface area (Å²) in [5.41, 5.74) is 1.09. The number of sulfone groups is 1. The number of aryl methyl sites for hydroxylation is 1. The smallest absolute Gasteiger partial charge is 0.339 e. The van der Waals surface area contributed by atoms with Gasteiger partial charge in [0.2, 0.25) is 0 Å². The third-order valence-corrected chi connectivity index (χ3v) is 5.01. The molecule has 1 heterocycles. The van der Waals surface area contributed by atoms with E-state index in [1.807, 2.05) is 0 Å². The van der Waals surface area contributed by atoms with Crippen molar-refractivity contribution in [3.63, 3.8) is 0 Å². The average molecular weight is 360 g/mol. The number of hydrogen-bond acceptors (Lipinski definition) is 5. The Morgan fingerprint density at radius 2 is 1.92 bits per heavy atom. The van der Waals surface area contributed by atoms with Crippen molar-refractivity contribution in [3.05, 3.63) is 59.4 Å². The first kappa shape index (κ1) is 17.0. The molecule has 25 heavy (non-hydrogen) atoms. The summed E-state index contributed by atoms with van der Waals surface area (Å²) in [6.45, 7) is 1.64. The van der Waals surface area contributed by atoms with Crippen LogP contribution < -0.4 is 4.74 Å². The molecule has 2 aromatic carbocycles. The molecule has 0 fully saturated rings. The minimum absolute atomic E-state index is 0.0496. The fourth-order valence-corrected chi connectivity index (χ4v) is 3.63. The Hall–Kier alpha value is -2.80. The Morgan fingerprint density at radius 1 is 1.20 bits per heavy atom. The maximum absolute atomic E-state index is 11.8. The predicted molar refractivity (Wildman–Crippen MR) is 91.8 cm³/mol. The number of ether oxygens (including phenoxy) is 1. The molecule has 0 saturated carbocycles. The van der Waals surface area contributed by atoms with Gasteiger partial charge in [0, 0.05) is 17.2 Å². The van der Waals surface area contributed by atoms with Gasteiger partial charge in [0.15, 0.2) is 9.84 Å². The van der Waals surface area contributed by atoms with Gasteiger partial charge in [0.05, 0.1) is 4.90 Å². The second-order valence-electron chi connectivity index (χ2n) is 5.66. The third kappa shape index (κ3) is 3.36. The molecule has 0 spiro atoms. The van der Waals surface area contributed by atoms with Crippen LogP contribution in [0.25, 0.3) is 11.0 Å². The maximum atomic E-state index is 11.8. The van der Waals surface area contributed by atoms with Crippen molar-refractivity contribution < 1.29 is 27.5 Å². The predicted octanol–water partition coefficient (Wildman–Crippen LogP) is 3.42. The van der Waals surface area contributed by atoms with Gasteiger partial charge in [-0.1, -0.05) is 18.2 Å². The Morgan fingerprint density at radius 3 is 2.60 bits per heavy atom. The maximum Gasteiger partial charge on any atom is 0.339 e. The molecule has 7 heteroatoms. The van der Waals surface area contributed by atoms with Crippen LogP contribution in [-0.2, 0) is 16.4 Å². The molecule has 3 aromatic rings. The van der Waals surface area contributed by atoms with Gasteiger partial charge < -0.3 is 14.3 Å². The largest absolute Gasteiger partial charge is 0.489 e. The lowest BCUT2D eigenvalue weighted by Gasteiger charge is -2.10. The van der Waals surface area contributed by atoms with Gasteiger partial charge in [-0.25, -0.2) is 13.2 Å². The van der Waals surface area contributed by atoms with E-state index in [9.17, 15) is 18.3 Å². The molecule has 0 bridgehead atoms. The number of hydrogen-bond donors (Lipinski definition) is 1. The Balaban J connectivity index is 1.93. The van der Waals surface area contributed by atoms with Gasteiger partial charge in [-0.2, -0.15) is 0 Å². The molecular weight excluding hydrogens is 344 g/mol. The highest BCUT2D eigenvalue weighted by atomic mass is 32.2. The SMILES string of the molecule is Cc1oc2ccc(OCc3ccccc3S(C)(=O)=O)cc2c1C(=O)O. The number of rotatable bonds is 5. The molecule has 0 unspecified atom stereocenters. The lowest BCUT2D eigenvalue weighted by molar-refractivity contribution is 0.0697. The number of carbonyl (C=O) groups is 1. The molecule has 1 N–H and O–H groups in total. The summed E-state index contributed by atoms with van der Waals surface area (Å²) in [6.07, 6.45) is 1.14. The Bertz CT molecular complexity index is 1060. The number of benzene rings is 2. The molecule has 3 rings (SSSR count). The first-order valence-electron chi connectivity index (χ1n) is 7.44. The van der Waals surface area contributed by atoms with E-state index in [2.05, 4.69) is 0 Å². The van der Waals surface area contributed by atoms with E-state index >= 15 is 0 Å². The van der Waals surface area contributed by atoms with Gasteiger partial charge in [-0.3, -0.25) is 0 Å². The lowest BCUT2D eigenvalue weighted by Crippen LogP contribution is -2.05. The number of aromatic carboxylic acids is 1. The summed E-state index contributed by atoms with van der Waals surface area (Å²) in [4.78, 5) is 11.6. The van der Waals surface area contributed by atoms with Crippen molar-refractivity contribution >= 4 is 26.8 Å². The van der Waals surface area contributed by atoms with Crippen molar-refractivity contribution in [1.29, 1.82) is 0 Å². The van der Waals surface area contributed by atoms with Crippen LogP contribution in [0.5, 0.6) is 5.75 Å². The van der Waals surface area contributed by atoms with Crippen molar-refractivity contribution in [1.82, 2.24) is 0 Å². The topological polar surface area (TPSA) is 93.8 Å². The van der Waals surface area contributed by atoms with E-state index in [0.717, 1.165) is 6.26 Å². The van der Waals surface area contributed by atoms with E-state index < -0.39 is 15.8 Å². The highest BCUT2D eigenvalue weighted by molar-refractivity contribution is 7.90. The second-order valence-corrected chi connectivity index (χ2v) is 7.65. The van der Waals surface area contributed by atoms with Crippen LogP contribution in [0.4, 0.5) is 0 Å². The summed E-state index contributed by atoms with van der Waals surface area (Å²) in [5.74, 6) is -0.322. The van der Waals surface area contributed by atoms with E-state index in [4.69, 9.17) is 9.15 Å². The van der Waals surface area contributed by atoms with Crippen molar-refractivity contribution in [2.45, 2.75) is 18.4 Å². The molecular formula is C18H16O6S. The van der Waals surface area contributed by atoms with Gasteiger partial charge in [-0.05, 0) is 31.2 Å². The fraction of sp³-hybridized carbons (Fsp3) is 0.167. The van der Waals surface area contributed by atoms with Gasteiger partial charge in [0.25, 0.3) is 0 Å². The average Bonchev–Trinajstić information content (AvgIpc) is 2.87. The van der Waals surface area contributed by atoms with Crippen LogP contribution in [-0.4, -0.2) is 25.7 Å². The van der Waals surface area contributed by atoms with E-state index in [1.54, 1.807) is 43.3 Å². The second kappa shape index (κ2) is 6.25. The number of furan rings is 1. The quantitative estimate of drug-likeness (QED) is 0.749. The first-order valence-corrected chi connectivity index (χ1v) is 9.33. The van der Waals surface area contributed by atoms with Crippen LogP contribution >= 0.6 is 0 Å². The van der Waals surface area contributed by atoms with Gasteiger partial charge in [0.1, 0.15) is 29.3 Å². The Kier molecular flexibility index (Phi) is 4.26. The highest BCUT2D eigenvalue weighted by Gasteiger charge is 2.18. The molecule has 6 nitrogen and oxygen atoms in total. The zero-order valence-electron chi connectivity index (χ0n) is 13.6. The summed E-state index contributed by atoms with van der Waals surface area (Å²) < 4.78 is 34.8. The van der Waals surface area contributed by atoms with E-state index in [0.29, 0.717) is 28.0 Å².